The van der Waals surface area contributed by atoms with Gasteiger partial charge in [0.1, 0.15) is 0 Å². The molecule has 17 heavy (non-hydrogen) atoms. The lowest BCUT2D eigenvalue weighted by atomic mass is 10.1. The van der Waals surface area contributed by atoms with E-state index < -0.39 is 0 Å². The van der Waals surface area contributed by atoms with Crippen LogP contribution in [0.2, 0.25) is 4.34 Å². The topological polar surface area (TPSA) is 23.5 Å². The van der Waals surface area contributed by atoms with E-state index in [1.165, 1.54) is 4.88 Å². The summed E-state index contributed by atoms with van der Waals surface area (Å²) in [6.07, 6.45) is 0. The van der Waals surface area contributed by atoms with Crippen molar-refractivity contribution in [3.8, 4) is 0 Å². The highest BCUT2D eigenvalue weighted by Gasteiger charge is 2.07. The van der Waals surface area contributed by atoms with Crippen LogP contribution in [0.4, 0.5) is 5.69 Å². The van der Waals surface area contributed by atoms with E-state index in [1.54, 1.807) is 11.3 Å². The number of nitrogens with zero attached hydrogens (tertiary/aromatic N) is 1. The van der Waals surface area contributed by atoms with Crippen molar-refractivity contribution in [1.82, 2.24) is 0 Å². The van der Waals surface area contributed by atoms with E-state index in [0.29, 0.717) is 0 Å². The van der Waals surface area contributed by atoms with Gasteiger partial charge in [-0.3, -0.25) is 0 Å². The average Bonchev–Trinajstić information content (AvgIpc) is 2.74. The number of hydrogen-bond donors (Lipinski definition) is 1. The van der Waals surface area contributed by atoms with Crippen molar-refractivity contribution in [1.29, 1.82) is 0 Å². The fourth-order valence-electron chi connectivity index (χ4n) is 1.77. The third kappa shape index (κ3) is 3.00. The van der Waals surface area contributed by atoms with E-state index in [1.807, 2.05) is 43.4 Å². The summed E-state index contributed by atoms with van der Waals surface area (Å²) in [5, 5.41) is 9.29. The summed E-state index contributed by atoms with van der Waals surface area (Å²) in [6.45, 7) is 0.861. The third-order valence-corrected chi connectivity index (χ3v) is 3.81. The Morgan fingerprint density at radius 2 is 2.00 bits per heavy atom. The van der Waals surface area contributed by atoms with Crippen LogP contribution in [-0.2, 0) is 13.2 Å². The van der Waals surface area contributed by atoms with E-state index in [9.17, 15) is 5.11 Å². The molecule has 0 radical (unpaired) electrons. The van der Waals surface area contributed by atoms with Gasteiger partial charge in [0.15, 0.2) is 0 Å². The van der Waals surface area contributed by atoms with Crippen LogP contribution in [0, 0.1) is 0 Å². The minimum absolute atomic E-state index is 0.0612. The second-order valence-electron chi connectivity index (χ2n) is 3.85. The number of benzene rings is 1. The van der Waals surface area contributed by atoms with Crippen LogP contribution in [0.15, 0.2) is 36.4 Å². The number of thiophene rings is 1. The molecule has 0 aliphatic carbocycles. The molecule has 90 valence electrons. The summed E-state index contributed by atoms with van der Waals surface area (Å²) >= 11 is 7.49. The van der Waals surface area contributed by atoms with Crippen molar-refractivity contribution in [2.24, 2.45) is 0 Å². The van der Waals surface area contributed by atoms with Gasteiger partial charge in [-0.05, 0) is 18.2 Å². The van der Waals surface area contributed by atoms with Gasteiger partial charge in [0, 0.05) is 23.2 Å². The van der Waals surface area contributed by atoms with Crippen LogP contribution in [0.5, 0.6) is 0 Å². The zero-order chi connectivity index (χ0) is 12.3. The normalized spacial score (nSPS) is 10.5. The predicted octanol–water partition coefficient (Wildman–Crippen LogP) is 3.53. The Bertz CT molecular complexity index is 498. The van der Waals surface area contributed by atoms with Crippen LogP contribution < -0.4 is 4.90 Å². The van der Waals surface area contributed by atoms with Crippen molar-refractivity contribution >= 4 is 28.6 Å². The minimum atomic E-state index is 0.0612. The Balaban J connectivity index is 2.16. The largest absolute Gasteiger partial charge is 0.392 e. The molecule has 1 aromatic carbocycles. The average molecular weight is 268 g/mol. The summed E-state index contributed by atoms with van der Waals surface area (Å²) in [5.74, 6) is 0. The molecule has 0 unspecified atom stereocenters. The molecule has 0 bridgehead atoms. The summed E-state index contributed by atoms with van der Waals surface area (Å²) < 4.78 is 0.809. The Morgan fingerprint density at radius 3 is 2.65 bits per heavy atom. The summed E-state index contributed by atoms with van der Waals surface area (Å²) in [5.41, 5.74) is 2.00. The Hall–Kier alpha value is -1.03. The summed E-state index contributed by atoms with van der Waals surface area (Å²) in [4.78, 5) is 3.33. The lowest BCUT2D eigenvalue weighted by molar-refractivity contribution is 0.282. The molecular weight excluding hydrogens is 254 g/mol. The molecule has 0 amide bonds. The lowest BCUT2D eigenvalue weighted by Crippen LogP contribution is -2.17. The summed E-state index contributed by atoms with van der Waals surface area (Å²) in [7, 11) is 2.02. The molecule has 1 aromatic heterocycles. The monoisotopic (exact) mass is 267 g/mol. The third-order valence-electron chi connectivity index (χ3n) is 2.60. The standard InChI is InChI=1S/C13H14ClNOS/c1-15(8-11-6-7-13(14)17-11)12-5-3-2-4-10(12)9-16/h2-7,16H,8-9H2,1H3. The maximum absolute atomic E-state index is 9.29. The van der Waals surface area contributed by atoms with E-state index in [-0.39, 0.29) is 6.61 Å². The van der Waals surface area contributed by atoms with E-state index in [0.717, 1.165) is 22.1 Å². The fourth-order valence-corrected chi connectivity index (χ4v) is 2.91. The number of aliphatic hydroxyl groups is 1. The number of aliphatic hydroxyl groups excluding tert-OH is 1. The van der Waals surface area contributed by atoms with E-state index in [2.05, 4.69) is 4.90 Å². The van der Waals surface area contributed by atoms with Crippen LogP contribution in [-0.4, -0.2) is 12.2 Å². The molecule has 2 aromatic rings. The number of para-hydroxylation sites is 1. The molecule has 1 heterocycles. The van der Waals surface area contributed by atoms with Gasteiger partial charge in [-0.15, -0.1) is 11.3 Å². The van der Waals surface area contributed by atoms with Gasteiger partial charge in [-0.1, -0.05) is 29.8 Å². The van der Waals surface area contributed by atoms with Gasteiger partial charge >= 0.3 is 0 Å². The van der Waals surface area contributed by atoms with Crippen LogP contribution in [0.3, 0.4) is 0 Å². The van der Waals surface area contributed by atoms with Gasteiger partial charge in [0.25, 0.3) is 0 Å². The first kappa shape index (κ1) is 12.4. The predicted molar refractivity (Wildman–Crippen MR) is 73.8 cm³/mol. The Morgan fingerprint density at radius 1 is 1.24 bits per heavy atom. The van der Waals surface area contributed by atoms with Crippen LogP contribution in [0.25, 0.3) is 0 Å². The molecule has 1 N–H and O–H groups in total. The highest BCUT2D eigenvalue weighted by atomic mass is 35.5. The Labute approximate surface area is 110 Å². The number of halogens is 1. The number of rotatable bonds is 4. The molecule has 2 nitrogen and oxygen atoms in total. The molecule has 0 saturated heterocycles. The minimum Gasteiger partial charge on any atom is -0.392 e. The molecule has 4 heteroatoms. The van der Waals surface area contributed by atoms with Crippen molar-refractivity contribution in [2.45, 2.75) is 13.2 Å². The van der Waals surface area contributed by atoms with Crippen LogP contribution in [0.1, 0.15) is 10.4 Å². The smallest absolute Gasteiger partial charge is 0.0931 e. The quantitative estimate of drug-likeness (QED) is 0.916. The van der Waals surface area contributed by atoms with Crippen molar-refractivity contribution in [3.05, 3.63) is 51.2 Å². The number of anilines is 1. The van der Waals surface area contributed by atoms with Crippen molar-refractivity contribution < 1.29 is 5.11 Å². The molecule has 0 aliphatic heterocycles. The highest BCUT2D eigenvalue weighted by molar-refractivity contribution is 7.16. The zero-order valence-electron chi connectivity index (χ0n) is 9.56. The van der Waals surface area contributed by atoms with Gasteiger partial charge < -0.3 is 10.0 Å². The molecule has 0 fully saturated rings. The van der Waals surface area contributed by atoms with Crippen molar-refractivity contribution in [3.63, 3.8) is 0 Å². The molecular formula is C13H14ClNOS. The van der Waals surface area contributed by atoms with Gasteiger partial charge in [-0.2, -0.15) is 0 Å². The maximum Gasteiger partial charge on any atom is 0.0931 e. The van der Waals surface area contributed by atoms with Crippen LogP contribution >= 0.6 is 22.9 Å². The highest BCUT2D eigenvalue weighted by Crippen LogP contribution is 2.26. The van der Waals surface area contributed by atoms with E-state index in [4.69, 9.17) is 11.6 Å². The first-order valence-corrected chi connectivity index (χ1v) is 6.54. The second-order valence-corrected chi connectivity index (χ2v) is 5.65. The molecule has 0 saturated carbocycles. The van der Waals surface area contributed by atoms with Crippen molar-refractivity contribution in [2.75, 3.05) is 11.9 Å². The first-order chi connectivity index (χ1) is 8.20. The lowest BCUT2D eigenvalue weighted by Gasteiger charge is -2.21. The first-order valence-electron chi connectivity index (χ1n) is 5.35. The maximum atomic E-state index is 9.29. The second kappa shape index (κ2) is 5.54. The Kier molecular flexibility index (Phi) is 4.05. The SMILES string of the molecule is CN(Cc1ccc(Cl)s1)c1ccccc1CO. The van der Waals surface area contributed by atoms with Gasteiger partial charge in [0.05, 0.1) is 17.5 Å². The zero-order valence-corrected chi connectivity index (χ0v) is 11.1. The van der Waals surface area contributed by atoms with Gasteiger partial charge in [0.2, 0.25) is 0 Å². The molecule has 2 rings (SSSR count). The summed E-state index contributed by atoms with van der Waals surface area (Å²) in [6, 6.07) is 11.8. The molecule has 0 atom stereocenters. The number of hydrogen-bond acceptors (Lipinski definition) is 3. The van der Waals surface area contributed by atoms with E-state index >= 15 is 0 Å². The molecule has 0 aliphatic rings. The fraction of sp³-hybridized carbons (Fsp3) is 0.231. The van der Waals surface area contributed by atoms with Gasteiger partial charge in [-0.25, -0.2) is 0 Å². The molecule has 0 spiro atoms.